The molecule has 0 radical (unpaired) electrons. The summed E-state index contributed by atoms with van der Waals surface area (Å²) in [7, 11) is 0. The number of hydrogen-bond donors (Lipinski definition) is 0. The van der Waals surface area contributed by atoms with Crippen molar-refractivity contribution in [2.75, 3.05) is 0 Å². The molecule has 0 aliphatic rings. The van der Waals surface area contributed by atoms with Crippen molar-refractivity contribution in [1.82, 2.24) is 4.98 Å². The standard InChI is InChI=1S/C8H5Cl2NO2/c1-4-6(8(10)13)2-5(3-11-4)7(9)12/h2-3H,1H3. The third-order valence-electron chi connectivity index (χ3n) is 1.53. The van der Waals surface area contributed by atoms with Gasteiger partial charge in [-0.2, -0.15) is 0 Å². The third kappa shape index (κ3) is 2.26. The maximum Gasteiger partial charge on any atom is 0.254 e. The van der Waals surface area contributed by atoms with E-state index in [1.807, 2.05) is 0 Å². The zero-order valence-electron chi connectivity index (χ0n) is 6.67. The van der Waals surface area contributed by atoms with Crippen LogP contribution in [0.1, 0.15) is 26.4 Å². The van der Waals surface area contributed by atoms with Crippen LogP contribution in [0, 0.1) is 6.92 Å². The first-order chi connectivity index (χ1) is 6.02. The fraction of sp³-hybridized carbons (Fsp3) is 0.125. The summed E-state index contributed by atoms with van der Waals surface area (Å²) in [6.45, 7) is 1.62. The lowest BCUT2D eigenvalue weighted by atomic mass is 10.2. The molecule has 0 saturated carbocycles. The largest absolute Gasteiger partial charge is 0.276 e. The topological polar surface area (TPSA) is 47.0 Å². The molecule has 1 aromatic heterocycles. The minimum absolute atomic E-state index is 0.163. The second-order valence-electron chi connectivity index (χ2n) is 2.40. The average molecular weight is 218 g/mol. The van der Waals surface area contributed by atoms with E-state index in [0.29, 0.717) is 5.69 Å². The quantitative estimate of drug-likeness (QED) is 0.714. The van der Waals surface area contributed by atoms with Gasteiger partial charge in [0.15, 0.2) is 0 Å². The molecule has 1 heterocycles. The number of rotatable bonds is 2. The molecule has 13 heavy (non-hydrogen) atoms. The Morgan fingerprint density at radius 1 is 1.31 bits per heavy atom. The predicted molar refractivity (Wildman–Crippen MR) is 49.3 cm³/mol. The lowest BCUT2D eigenvalue weighted by Crippen LogP contribution is -2.00. The van der Waals surface area contributed by atoms with Gasteiger partial charge in [0.05, 0.1) is 11.1 Å². The first-order valence-electron chi connectivity index (χ1n) is 3.38. The van der Waals surface area contributed by atoms with E-state index < -0.39 is 10.5 Å². The van der Waals surface area contributed by atoms with Gasteiger partial charge < -0.3 is 0 Å². The number of halogens is 2. The van der Waals surface area contributed by atoms with Gasteiger partial charge in [-0.15, -0.1) is 0 Å². The molecule has 1 aromatic rings. The molecule has 5 heteroatoms. The Bertz CT molecular complexity index is 376. The minimum Gasteiger partial charge on any atom is -0.276 e. The molecule has 0 amide bonds. The number of carbonyl (C=O) groups excluding carboxylic acids is 2. The minimum atomic E-state index is -0.660. The fourth-order valence-electron chi connectivity index (χ4n) is 0.840. The molecule has 0 N–H and O–H groups in total. The van der Waals surface area contributed by atoms with Gasteiger partial charge in [-0.3, -0.25) is 14.6 Å². The second kappa shape index (κ2) is 3.85. The average Bonchev–Trinajstić information content (AvgIpc) is 2.04. The summed E-state index contributed by atoms with van der Waals surface area (Å²) < 4.78 is 0. The van der Waals surface area contributed by atoms with Crippen molar-refractivity contribution in [1.29, 1.82) is 0 Å². The van der Waals surface area contributed by atoms with Gasteiger partial charge in [0.2, 0.25) is 0 Å². The highest BCUT2D eigenvalue weighted by Gasteiger charge is 2.10. The first kappa shape index (κ1) is 10.2. The van der Waals surface area contributed by atoms with Crippen LogP contribution in [0.25, 0.3) is 0 Å². The second-order valence-corrected chi connectivity index (χ2v) is 3.09. The molecule has 0 unspecified atom stereocenters. The lowest BCUT2D eigenvalue weighted by molar-refractivity contribution is 0.107. The van der Waals surface area contributed by atoms with Gasteiger partial charge in [0.1, 0.15) is 0 Å². The van der Waals surface area contributed by atoms with Gasteiger partial charge in [-0.25, -0.2) is 0 Å². The number of nitrogens with zero attached hydrogens (tertiary/aromatic N) is 1. The molecule has 68 valence electrons. The van der Waals surface area contributed by atoms with E-state index in [9.17, 15) is 9.59 Å². The molecule has 1 rings (SSSR count). The van der Waals surface area contributed by atoms with Crippen LogP contribution < -0.4 is 0 Å². The number of aryl methyl sites for hydroxylation is 1. The number of aromatic nitrogens is 1. The molecule has 0 saturated heterocycles. The molecule has 0 aliphatic heterocycles. The predicted octanol–water partition coefficient (Wildman–Crippen LogP) is 2.15. The molecule has 3 nitrogen and oxygen atoms in total. The number of carbonyl (C=O) groups is 2. The maximum atomic E-state index is 10.8. The molecule has 0 aromatic carbocycles. The van der Waals surface area contributed by atoms with E-state index in [2.05, 4.69) is 4.98 Å². The van der Waals surface area contributed by atoms with E-state index in [0.717, 1.165) is 0 Å². The summed E-state index contributed by atoms with van der Waals surface area (Å²) in [6, 6.07) is 1.33. The van der Waals surface area contributed by atoms with Crippen LogP contribution in [0.2, 0.25) is 0 Å². The Morgan fingerprint density at radius 3 is 2.38 bits per heavy atom. The van der Waals surface area contributed by atoms with Crippen molar-refractivity contribution in [3.8, 4) is 0 Å². The summed E-state index contributed by atoms with van der Waals surface area (Å²) in [5.74, 6) is 0. The zero-order valence-corrected chi connectivity index (χ0v) is 8.19. The van der Waals surface area contributed by atoms with Crippen LogP contribution in [-0.4, -0.2) is 15.5 Å². The molecular weight excluding hydrogens is 213 g/mol. The van der Waals surface area contributed by atoms with E-state index >= 15 is 0 Å². The zero-order chi connectivity index (χ0) is 10.0. The normalized spacial score (nSPS) is 9.77. The van der Waals surface area contributed by atoms with E-state index in [1.54, 1.807) is 6.92 Å². The summed E-state index contributed by atoms with van der Waals surface area (Å²) in [6.07, 6.45) is 1.30. The van der Waals surface area contributed by atoms with Crippen molar-refractivity contribution in [2.45, 2.75) is 6.92 Å². The fourth-order valence-corrected chi connectivity index (χ4v) is 1.13. The molecule has 0 bridgehead atoms. The first-order valence-corrected chi connectivity index (χ1v) is 4.14. The highest BCUT2D eigenvalue weighted by Crippen LogP contribution is 2.12. The van der Waals surface area contributed by atoms with Crippen LogP contribution in [0.15, 0.2) is 12.3 Å². The Balaban J connectivity index is 3.27. The van der Waals surface area contributed by atoms with Crippen molar-refractivity contribution in [2.24, 2.45) is 0 Å². The third-order valence-corrected chi connectivity index (χ3v) is 1.95. The molecule has 0 atom stereocenters. The van der Waals surface area contributed by atoms with Gasteiger partial charge in [0, 0.05) is 11.9 Å². The Hall–Kier alpha value is -0.930. The van der Waals surface area contributed by atoms with Crippen LogP contribution in [0.5, 0.6) is 0 Å². The van der Waals surface area contributed by atoms with Crippen LogP contribution >= 0.6 is 23.2 Å². The summed E-state index contributed by atoms with van der Waals surface area (Å²) in [4.78, 5) is 25.3. The van der Waals surface area contributed by atoms with Gasteiger partial charge in [-0.1, -0.05) is 0 Å². The van der Waals surface area contributed by atoms with Crippen LogP contribution in [-0.2, 0) is 0 Å². The van der Waals surface area contributed by atoms with Gasteiger partial charge in [-0.05, 0) is 36.2 Å². The Kier molecular flexibility index (Phi) is 3.01. The lowest BCUT2D eigenvalue weighted by Gasteiger charge is -2.00. The monoisotopic (exact) mass is 217 g/mol. The molecule has 0 fully saturated rings. The van der Waals surface area contributed by atoms with Crippen molar-refractivity contribution in [3.63, 3.8) is 0 Å². The van der Waals surface area contributed by atoms with Crippen molar-refractivity contribution in [3.05, 3.63) is 29.1 Å². The van der Waals surface area contributed by atoms with Gasteiger partial charge in [0.25, 0.3) is 10.5 Å². The molecular formula is C8H5Cl2NO2. The summed E-state index contributed by atoms with van der Waals surface area (Å²) >= 11 is 10.5. The number of hydrogen-bond acceptors (Lipinski definition) is 3. The highest BCUT2D eigenvalue weighted by molar-refractivity contribution is 6.69. The van der Waals surface area contributed by atoms with E-state index in [4.69, 9.17) is 23.2 Å². The molecule has 0 spiro atoms. The van der Waals surface area contributed by atoms with E-state index in [-0.39, 0.29) is 11.1 Å². The summed E-state index contributed by atoms with van der Waals surface area (Å²) in [5.41, 5.74) is 0.839. The number of pyridine rings is 1. The smallest absolute Gasteiger partial charge is 0.254 e. The van der Waals surface area contributed by atoms with Crippen LogP contribution in [0.4, 0.5) is 0 Å². The SMILES string of the molecule is Cc1ncc(C(=O)Cl)cc1C(=O)Cl. The van der Waals surface area contributed by atoms with Gasteiger partial charge >= 0.3 is 0 Å². The molecule has 0 aliphatic carbocycles. The van der Waals surface area contributed by atoms with Crippen molar-refractivity contribution < 1.29 is 9.59 Å². The van der Waals surface area contributed by atoms with Crippen LogP contribution in [0.3, 0.4) is 0 Å². The maximum absolute atomic E-state index is 10.8. The van der Waals surface area contributed by atoms with E-state index in [1.165, 1.54) is 12.3 Å². The van der Waals surface area contributed by atoms with Crippen molar-refractivity contribution >= 4 is 33.7 Å². The summed E-state index contributed by atoms with van der Waals surface area (Å²) in [5, 5.41) is -1.31. The Labute approximate surface area is 84.7 Å². The highest BCUT2D eigenvalue weighted by atomic mass is 35.5. The Morgan fingerprint density at radius 2 is 1.92 bits per heavy atom.